The average molecular weight is 210 g/mol. The Morgan fingerprint density at radius 3 is 2.40 bits per heavy atom. The van der Waals surface area contributed by atoms with Gasteiger partial charge in [0.05, 0.1) is 30.9 Å². The van der Waals surface area contributed by atoms with Crippen molar-refractivity contribution in [2.75, 3.05) is 7.11 Å². The molecule has 0 aliphatic rings. The number of halogens is 2. The van der Waals surface area contributed by atoms with Crippen LogP contribution in [0.25, 0.3) is 11.3 Å². The number of hydrogen-bond donors (Lipinski definition) is 1. The summed E-state index contributed by atoms with van der Waals surface area (Å²) in [6.45, 7) is 0. The van der Waals surface area contributed by atoms with Gasteiger partial charge in [0.2, 0.25) is 0 Å². The maximum atomic E-state index is 13.5. The third-order valence-corrected chi connectivity index (χ3v) is 2.02. The van der Waals surface area contributed by atoms with Crippen molar-refractivity contribution in [1.29, 1.82) is 0 Å². The molecule has 1 N–H and O–H groups in total. The summed E-state index contributed by atoms with van der Waals surface area (Å²) < 4.78 is 31.7. The van der Waals surface area contributed by atoms with Gasteiger partial charge in [0.25, 0.3) is 0 Å². The van der Waals surface area contributed by atoms with E-state index in [9.17, 15) is 8.78 Å². The van der Waals surface area contributed by atoms with E-state index in [0.717, 1.165) is 12.1 Å². The second-order valence-corrected chi connectivity index (χ2v) is 2.93. The van der Waals surface area contributed by atoms with Crippen LogP contribution in [0, 0.1) is 11.6 Å². The molecule has 0 spiro atoms. The van der Waals surface area contributed by atoms with Crippen molar-refractivity contribution in [1.82, 2.24) is 9.97 Å². The van der Waals surface area contributed by atoms with Crippen molar-refractivity contribution < 1.29 is 13.5 Å². The van der Waals surface area contributed by atoms with E-state index in [1.807, 2.05) is 0 Å². The standard InChI is InChI=1S/C10H8F2N2O/c1-15-6-2-7(11)10(8(12)3-6)9-4-13-5-14-9/h2-5H,1H3,(H,13,14). The largest absolute Gasteiger partial charge is 0.497 e. The number of ether oxygens (including phenoxy) is 1. The van der Waals surface area contributed by atoms with Crippen LogP contribution >= 0.6 is 0 Å². The highest BCUT2D eigenvalue weighted by molar-refractivity contribution is 5.61. The summed E-state index contributed by atoms with van der Waals surface area (Å²) >= 11 is 0. The molecular formula is C10H8F2N2O. The molecule has 15 heavy (non-hydrogen) atoms. The Hall–Kier alpha value is -1.91. The van der Waals surface area contributed by atoms with Crippen LogP contribution in [-0.4, -0.2) is 17.1 Å². The molecule has 78 valence electrons. The lowest BCUT2D eigenvalue weighted by Crippen LogP contribution is -1.93. The highest BCUT2D eigenvalue weighted by atomic mass is 19.1. The summed E-state index contributed by atoms with van der Waals surface area (Å²) in [5, 5.41) is 0. The molecule has 1 aromatic carbocycles. The molecule has 0 unspecified atom stereocenters. The Kier molecular flexibility index (Phi) is 2.37. The average Bonchev–Trinajstić information content (AvgIpc) is 2.69. The molecule has 0 bridgehead atoms. The zero-order valence-electron chi connectivity index (χ0n) is 7.92. The Morgan fingerprint density at radius 2 is 1.93 bits per heavy atom. The second-order valence-electron chi connectivity index (χ2n) is 2.93. The minimum absolute atomic E-state index is 0.131. The zero-order valence-corrected chi connectivity index (χ0v) is 7.92. The summed E-state index contributed by atoms with van der Waals surface area (Å²) in [7, 11) is 1.35. The van der Waals surface area contributed by atoms with Gasteiger partial charge >= 0.3 is 0 Å². The molecule has 0 saturated heterocycles. The molecule has 5 heteroatoms. The van der Waals surface area contributed by atoms with Crippen LogP contribution in [0.2, 0.25) is 0 Å². The van der Waals surface area contributed by atoms with Crippen LogP contribution in [-0.2, 0) is 0 Å². The first-order valence-corrected chi connectivity index (χ1v) is 4.24. The predicted octanol–water partition coefficient (Wildman–Crippen LogP) is 2.36. The predicted molar refractivity (Wildman–Crippen MR) is 50.5 cm³/mol. The fourth-order valence-electron chi connectivity index (χ4n) is 1.32. The van der Waals surface area contributed by atoms with Gasteiger partial charge in [-0.05, 0) is 0 Å². The van der Waals surface area contributed by atoms with E-state index in [-0.39, 0.29) is 11.3 Å². The summed E-state index contributed by atoms with van der Waals surface area (Å²) in [5.41, 5.74) is 0.168. The SMILES string of the molecule is COc1cc(F)c(-c2cnc[nH]2)c(F)c1. The Morgan fingerprint density at radius 1 is 1.27 bits per heavy atom. The number of hydrogen-bond acceptors (Lipinski definition) is 2. The molecule has 0 atom stereocenters. The number of nitrogens with zero attached hydrogens (tertiary/aromatic N) is 1. The van der Waals surface area contributed by atoms with E-state index in [0.29, 0.717) is 5.69 Å². The van der Waals surface area contributed by atoms with Gasteiger partial charge < -0.3 is 9.72 Å². The van der Waals surface area contributed by atoms with Gasteiger partial charge in [0.15, 0.2) is 0 Å². The number of aromatic amines is 1. The van der Waals surface area contributed by atoms with Crippen LogP contribution in [0.15, 0.2) is 24.7 Å². The molecule has 2 rings (SSSR count). The number of methoxy groups -OCH3 is 1. The minimum Gasteiger partial charge on any atom is -0.497 e. The third-order valence-electron chi connectivity index (χ3n) is 2.02. The molecule has 0 radical (unpaired) electrons. The Balaban J connectivity index is 2.58. The smallest absolute Gasteiger partial charge is 0.139 e. The highest BCUT2D eigenvalue weighted by Crippen LogP contribution is 2.27. The zero-order chi connectivity index (χ0) is 10.8. The third kappa shape index (κ3) is 1.68. The molecule has 0 saturated carbocycles. The summed E-state index contributed by atoms with van der Waals surface area (Å²) in [5.74, 6) is -1.22. The van der Waals surface area contributed by atoms with Crippen molar-refractivity contribution in [2.45, 2.75) is 0 Å². The van der Waals surface area contributed by atoms with E-state index in [1.165, 1.54) is 19.6 Å². The number of benzene rings is 1. The van der Waals surface area contributed by atoms with E-state index < -0.39 is 11.6 Å². The van der Waals surface area contributed by atoms with Gasteiger partial charge in [-0.3, -0.25) is 0 Å². The molecule has 1 aromatic heterocycles. The van der Waals surface area contributed by atoms with E-state index in [1.54, 1.807) is 0 Å². The number of nitrogens with one attached hydrogen (secondary N) is 1. The van der Waals surface area contributed by atoms with Crippen LogP contribution in [0.3, 0.4) is 0 Å². The van der Waals surface area contributed by atoms with Crippen LogP contribution < -0.4 is 4.74 Å². The van der Waals surface area contributed by atoms with Crippen LogP contribution in [0.1, 0.15) is 0 Å². The van der Waals surface area contributed by atoms with Crippen molar-refractivity contribution in [2.24, 2.45) is 0 Å². The first-order chi connectivity index (χ1) is 7.22. The molecule has 0 aliphatic carbocycles. The van der Waals surface area contributed by atoms with Crippen LogP contribution in [0.4, 0.5) is 8.78 Å². The topological polar surface area (TPSA) is 37.9 Å². The molecule has 1 heterocycles. The van der Waals surface area contributed by atoms with E-state index in [2.05, 4.69) is 9.97 Å². The molecule has 0 amide bonds. The quantitative estimate of drug-likeness (QED) is 0.826. The lowest BCUT2D eigenvalue weighted by molar-refractivity contribution is 0.407. The lowest BCUT2D eigenvalue weighted by atomic mass is 10.1. The first kappa shape index (κ1) is 9.64. The molecule has 0 aliphatic heterocycles. The monoisotopic (exact) mass is 210 g/mol. The molecule has 3 nitrogen and oxygen atoms in total. The van der Waals surface area contributed by atoms with Gasteiger partial charge in [-0.15, -0.1) is 0 Å². The maximum Gasteiger partial charge on any atom is 0.139 e. The first-order valence-electron chi connectivity index (χ1n) is 4.24. The Bertz CT molecular complexity index is 445. The highest BCUT2D eigenvalue weighted by Gasteiger charge is 2.14. The van der Waals surface area contributed by atoms with Gasteiger partial charge in [-0.2, -0.15) is 0 Å². The number of aromatic nitrogens is 2. The van der Waals surface area contributed by atoms with Gasteiger partial charge in [0, 0.05) is 12.1 Å². The van der Waals surface area contributed by atoms with E-state index >= 15 is 0 Å². The molecular weight excluding hydrogens is 202 g/mol. The second kappa shape index (κ2) is 3.68. The number of imidazole rings is 1. The number of H-pyrrole nitrogens is 1. The normalized spacial score (nSPS) is 10.3. The van der Waals surface area contributed by atoms with Crippen molar-refractivity contribution >= 4 is 0 Å². The van der Waals surface area contributed by atoms with Gasteiger partial charge in [-0.1, -0.05) is 0 Å². The molecule has 0 fully saturated rings. The van der Waals surface area contributed by atoms with Gasteiger partial charge in [-0.25, -0.2) is 13.8 Å². The maximum absolute atomic E-state index is 13.5. The summed E-state index contributed by atoms with van der Waals surface area (Å²) in [6, 6.07) is 2.25. The van der Waals surface area contributed by atoms with Crippen molar-refractivity contribution in [3.63, 3.8) is 0 Å². The summed E-state index contributed by atoms with van der Waals surface area (Å²) in [4.78, 5) is 6.34. The van der Waals surface area contributed by atoms with E-state index in [4.69, 9.17) is 4.74 Å². The minimum atomic E-state index is -0.684. The fraction of sp³-hybridized carbons (Fsp3) is 0.100. The molecule has 2 aromatic rings. The van der Waals surface area contributed by atoms with Crippen molar-refractivity contribution in [3.05, 3.63) is 36.3 Å². The van der Waals surface area contributed by atoms with Crippen LogP contribution in [0.5, 0.6) is 5.75 Å². The van der Waals surface area contributed by atoms with Gasteiger partial charge in [0.1, 0.15) is 17.4 Å². The summed E-state index contributed by atoms with van der Waals surface area (Å²) in [6.07, 6.45) is 2.71. The number of rotatable bonds is 2. The lowest BCUT2D eigenvalue weighted by Gasteiger charge is -2.05. The van der Waals surface area contributed by atoms with Crippen molar-refractivity contribution in [3.8, 4) is 17.0 Å². The fourth-order valence-corrected chi connectivity index (χ4v) is 1.32. The Labute approximate surface area is 84.7 Å².